The predicted molar refractivity (Wildman–Crippen MR) is 106 cm³/mol. The van der Waals surface area contributed by atoms with Gasteiger partial charge in [-0.15, -0.1) is 11.3 Å². The zero-order chi connectivity index (χ0) is 19.1. The molecule has 0 aliphatic carbocycles. The SMILES string of the molecule is CCCCS(=O)(=O)Nc1nc(-c2ccc3c(c2)C(C)(C)C(=O)N3C)cs1. The van der Waals surface area contributed by atoms with Crippen LogP contribution in [0.2, 0.25) is 0 Å². The number of unbranched alkanes of at least 4 members (excludes halogenated alkanes) is 1. The summed E-state index contributed by atoms with van der Waals surface area (Å²) in [4.78, 5) is 18.5. The predicted octanol–water partition coefficient (Wildman–Crippen LogP) is 3.61. The first kappa shape index (κ1) is 18.8. The Morgan fingerprint density at radius 2 is 2.04 bits per heavy atom. The lowest BCUT2D eigenvalue weighted by Gasteiger charge is -2.16. The molecule has 0 spiro atoms. The first-order valence-electron chi connectivity index (χ1n) is 8.55. The molecule has 1 amide bonds. The van der Waals surface area contributed by atoms with E-state index < -0.39 is 15.4 Å². The summed E-state index contributed by atoms with van der Waals surface area (Å²) in [6.45, 7) is 5.78. The number of aromatic nitrogens is 1. The minimum absolute atomic E-state index is 0.0623. The van der Waals surface area contributed by atoms with Gasteiger partial charge in [-0.1, -0.05) is 19.4 Å². The second-order valence-corrected chi connectivity index (χ2v) is 9.73. The molecule has 3 rings (SSSR count). The molecule has 140 valence electrons. The number of likely N-dealkylation sites (N-methyl/N-ethyl adjacent to an activating group) is 1. The van der Waals surface area contributed by atoms with Crippen molar-refractivity contribution in [1.82, 2.24) is 4.98 Å². The molecule has 0 saturated carbocycles. The molecule has 8 heteroatoms. The average molecular weight is 394 g/mol. The summed E-state index contributed by atoms with van der Waals surface area (Å²) >= 11 is 1.26. The molecule has 0 radical (unpaired) electrons. The number of hydrogen-bond acceptors (Lipinski definition) is 5. The highest BCUT2D eigenvalue weighted by Gasteiger charge is 2.42. The van der Waals surface area contributed by atoms with Gasteiger partial charge in [-0.3, -0.25) is 9.52 Å². The summed E-state index contributed by atoms with van der Waals surface area (Å²) in [5.41, 5.74) is 2.85. The van der Waals surface area contributed by atoms with Crippen LogP contribution in [-0.2, 0) is 20.2 Å². The van der Waals surface area contributed by atoms with E-state index in [2.05, 4.69) is 9.71 Å². The topological polar surface area (TPSA) is 79.4 Å². The zero-order valence-corrected chi connectivity index (χ0v) is 17.0. The Labute approximate surface area is 158 Å². The molecule has 1 aliphatic rings. The molecule has 1 aliphatic heterocycles. The van der Waals surface area contributed by atoms with E-state index >= 15 is 0 Å². The van der Waals surface area contributed by atoms with Crippen molar-refractivity contribution in [2.24, 2.45) is 0 Å². The molecule has 6 nitrogen and oxygen atoms in total. The number of nitrogens with one attached hydrogen (secondary N) is 1. The molecule has 26 heavy (non-hydrogen) atoms. The molecule has 0 atom stereocenters. The van der Waals surface area contributed by atoms with E-state index in [0.717, 1.165) is 23.2 Å². The molecule has 0 fully saturated rings. The Balaban J connectivity index is 1.88. The zero-order valence-electron chi connectivity index (χ0n) is 15.4. The molecular weight excluding hydrogens is 370 g/mol. The van der Waals surface area contributed by atoms with Gasteiger partial charge in [-0.2, -0.15) is 0 Å². The van der Waals surface area contributed by atoms with Gasteiger partial charge in [-0.25, -0.2) is 13.4 Å². The second-order valence-electron chi connectivity index (χ2n) is 7.03. The highest BCUT2D eigenvalue weighted by Crippen LogP contribution is 2.42. The highest BCUT2D eigenvalue weighted by atomic mass is 32.2. The summed E-state index contributed by atoms with van der Waals surface area (Å²) in [5, 5.41) is 2.19. The third-order valence-electron chi connectivity index (χ3n) is 4.68. The van der Waals surface area contributed by atoms with Crippen LogP contribution < -0.4 is 9.62 Å². The average Bonchev–Trinajstić information content (AvgIpc) is 3.11. The summed E-state index contributed by atoms with van der Waals surface area (Å²) in [6.07, 6.45) is 1.44. The second kappa shape index (κ2) is 6.66. The van der Waals surface area contributed by atoms with Crippen LogP contribution in [-0.4, -0.2) is 32.1 Å². The number of benzene rings is 1. The summed E-state index contributed by atoms with van der Waals surface area (Å²) in [7, 11) is -1.58. The van der Waals surface area contributed by atoms with Gasteiger partial charge in [0.2, 0.25) is 15.9 Å². The first-order chi connectivity index (χ1) is 12.2. The van der Waals surface area contributed by atoms with Gasteiger partial charge in [0.05, 0.1) is 16.9 Å². The molecule has 1 aromatic heterocycles. The normalized spacial score (nSPS) is 16.0. The monoisotopic (exact) mass is 393 g/mol. The van der Waals surface area contributed by atoms with Crippen molar-refractivity contribution in [3.8, 4) is 11.3 Å². The molecule has 2 aromatic rings. The van der Waals surface area contributed by atoms with Crippen LogP contribution in [0.5, 0.6) is 0 Å². The molecule has 0 unspecified atom stereocenters. The molecule has 0 saturated heterocycles. The Kier molecular flexibility index (Phi) is 4.83. The Morgan fingerprint density at radius 3 is 2.73 bits per heavy atom. The van der Waals surface area contributed by atoms with E-state index in [1.165, 1.54) is 11.3 Å². The Morgan fingerprint density at radius 1 is 1.31 bits per heavy atom. The number of anilines is 2. The van der Waals surface area contributed by atoms with Crippen LogP contribution in [0.4, 0.5) is 10.8 Å². The number of carbonyl (C=O) groups is 1. The summed E-state index contributed by atoms with van der Waals surface area (Å²) in [6, 6.07) is 5.80. The van der Waals surface area contributed by atoms with E-state index in [0.29, 0.717) is 17.2 Å². The van der Waals surface area contributed by atoms with Crippen LogP contribution in [0.3, 0.4) is 0 Å². The Bertz CT molecular complexity index is 948. The van der Waals surface area contributed by atoms with E-state index in [1.54, 1.807) is 11.9 Å². The molecule has 1 N–H and O–H groups in total. The fourth-order valence-corrected chi connectivity index (χ4v) is 5.32. The smallest absolute Gasteiger partial charge is 0.236 e. The number of sulfonamides is 1. The van der Waals surface area contributed by atoms with Crippen LogP contribution >= 0.6 is 11.3 Å². The van der Waals surface area contributed by atoms with Crippen LogP contribution in [0.15, 0.2) is 23.6 Å². The van der Waals surface area contributed by atoms with Gasteiger partial charge < -0.3 is 4.90 Å². The number of fused-ring (bicyclic) bond motifs is 1. The standard InChI is InChI=1S/C18H23N3O3S2/c1-5-6-9-26(23,24)20-17-19-14(11-25-17)12-7-8-15-13(10-12)18(2,3)16(22)21(15)4/h7-8,10-11H,5-6,9H2,1-4H3,(H,19,20). The lowest BCUT2D eigenvalue weighted by Crippen LogP contribution is -2.33. The lowest BCUT2D eigenvalue weighted by molar-refractivity contribution is -0.121. The van der Waals surface area contributed by atoms with E-state index in [1.807, 2.05) is 44.4 Å². The molecule has 2 heterocycles. The highest BCUT2D eigenvalue weighted by molar-refractivity contribution is 7.92. The van der Waals surface area contributed by atoms with Gasteiger partial charge in [-0.05, 0) is 38.0 Å². The molecular formula is C18H23N3O3S2. The van der Waals surface area contributed by atoms with Crippen molar-refractivity contribution in [3.05, 3.63) is 29.1 Å². The molecule has 0 bridgehead atoms. The van der Waals surface area contributed by atoms with Gasteiger partial charge in [0, 0.05) is 23.7 Å². The number of amides is 1. The Hall–Kier alpha value is -1.93. The maximum atomic E-state index is 12.4. The van der Waals surface area contributed by atoms with E-state index in [4.69, 9.17) is 0 Å². The number of nitrogens with zero attached hydrogens (tertiary/aromatic N) is 2. The summed E-state index contributed by atoms with van der Waals surface area (Å²) < 4.78 is 26.6. The van der Waals surface area contributed by atoms with Crippen molar-refractivity contribution >= 4 is 38.1 Å². The lowest BCUT2D eigenvalue weighted by atomic mass is 9.85. The third kappa shape index (κ3) is 3.35. The third-order valence-corrected chi connectivity index (χ3v) is 6.90. The van der Waals surface area contributed by atoms with E-state index in [9.17, 15) is 13.2 Å². The molecule has 1 aromatic carbocycles. The van der Waals surface area contributed by atoms with Crippen molar-refractivity contribution in [2.75, 3.05) is 22.4 Å². The van der Waals surface area contributed by atoms with Gasteiger partial charge in [0.15, 0.2) is 5.13 Å². The maximum Gasteiger partial charge on any atom is 0.236 e. The van der Waals surface area contributed by atoms with Crippen molar-refractivity contribution in [2.45, 2.75) is 39.0 Å². The maximum absolute atomic E-state index is 12.4. The fraction of sp³-hybridized carbons (Fsp3) is 0.444. The largest absolute Gasteiger partial charge is 0.314 e. The van der Waals surface area contributed by atoms with Crippen LogP contribution in [0.25, 0.3) is 11.3 Å². The minimum atomic E-state index is -3.36. The van der Waals surface area contributed by atoms with Gasteiger partial charge >= 0.3 is 0 Å². The van der Waals surface area contributed by atoms with Gasteiger partial charge in [0.1, 0.15) is 0 Å². The fourth-order valence-electron chi connectivity index (χ4n) is 3.10. The van der Waals surface area contributed by atoms with Crippen molar-refractivity contribution < 1.29 is 13.2 Å². The van der Waals surface area contributed by atoms with Crippen molar-refractivity contribution in [1.29, 1.82) is 0 Å². The minimum Gasteiger partial charge on any atom is -0.314 e. The van der Waals surface area contributed by atoms with Crippen LogP contribution in [0, 0.1) is 0 Å². The number of hydrogen-bond donors (Lipinski definition) is 1. The van der Waals surface area contributed by atoms with Crippen molar-refractivity contribution in [3.63, 3.8) is 0 Å². The van der Waals surface area contributed by atoms with Gasteiger partial charge in [0.25, 0.3) is 0 Å². The number of carbonyl (C=O) groups excluding carboxylic acids is 1. The van der Waals surface area contributed by atoms with Crippen LogP contribution in [0.1, 0.15) is 39.2 Å². The van der Waals surface area contributed by atoms with E-state index in [-0.39, 0.29) is 11.7 Å². The number of thiazole rings is 1. The summed E-state index contributed by atoms with van der Waals surface area (Å²) in [5.74, 6) is 0.159. The quantitative estimate of drug-likeness (QED) is 0.813. The first-order valence-corrected chi connectivity index (χ1v) is 11.1. The number of rotatable bonds is 6.